The number of rotatable bonds is 5. The van der Waals surface area contributed by atoms with Gasteiger partial charge >= 0.3 is 0 Å². The van der Waals surface area contributed by atoms with Crippen LogP contribution < -0.4 is 4.90 Å². The zero-order valence-electron chi connectivity index (χ0n) is 18.1. The Balaban J connectivity index is 1.53. The zero-order valence-corrected chi connectivity index (χ0v) is 18.9. The molecule has 1 aromatic heterocycles. The van der Waals surface area contributed by atoms with Crippen LogP contribution in [0.25, 0.3) is 10.9 Å². The van der Waals surface area contributed by atoms with Gasteiger partial charge in [-0.3, -0.25) is 9.88 Å². The molecule has 0 saturated carbocycles. The lowest BCUT2D eigenvalue weighted by Gasteiger charge is -2.37. The highest BCUT2D eigenvalue weighted by molar-refractivity contribution is 7.91. The average Bonchev–Trinajstić information content (AvgIpc) is 2.85. The summed E-state index contributed by atoms with van der Waals surface area (Å²) in [6.45, 7) is 3.67. The molecule has 0 aliphatic carbocycles. The predicted molar refractivity (Wildman–Crippen MR) is 128 cm³/mol. The number of sulfone groups is 1. The van der Waals surface area contributed by atoms with E-state index in [0.29, 0.717) is 29.7 Å². The number of aromatic nitrogens is 1. The van der Waals surface area contributed by atoms with Crippen LogP contribution in [0.15, 0.2) is 94.9 Å². The van der Waals surface area contributed by atoms with Gasteiger partial charge in [0.05, 0.1) is 16.1 Å². The number of fused-ring (bicyclic) bond motifs is 1. The Morgan fingerprint density at radius 1 is 0.848 bits per heavy atom. The largest absolute Gasteiger partial charge is 0.367 e. The summed E-state index contributed by atoms with van der Waals surface area (Å²) in [5.74, 6) is -0.414. The Bertz CT molecular complexity index is 1370. The molecule has 0 N–H and O–H groups in total. The van der Waals surface area contributed by atoms with Crippen LogP contribution in [0.3, 0.4) is 0 Å². The van der Waals surface area contributed by atoms with Gasteiger partial charge < -0.3 is 4.90 Å². The number of hydrogen-bond donors (Lipinski definition) is 0. The summed E-state index contributed by atoms with van der Waals surface area (Å²) in [5, 5.41) is 0.517. The number of piperazine rings is 1. The van der Waals surface area contributed by atoms with E-state index < -0.39 is 15.7 Å². The SMILES string of the molecule is O=S(=O)(c1ccccc1)c1cnc2ccc(F)cc2c1N1CCN(Cc2ccccc2)CC1. The maximum Gasteiger partial charge on any atom is 0.210 e. The summed E-state index contributed by atoms with van der Waals surface area (Å²) in [4.78, 5) is 9.08. The van der Waals surface area contributed by atoms with E-state index in [-0.39, 0.29) is 9.79 Å². The van der Waals surface area contributed by atoms with Crippen LogP contribution in [-0.4, -0.2) is 44.5 Å². The fourth-order valence-electron chi connectivity index (χ4n) is 4.35. The number of benzene rings is 3. The molecule has 7 heteroatoms. The minimum absolute atomic E-state index is 0.114. The van der Waals surface area contributed by atoms with Crippen molar-refractivity contribution in [1.82, 2.24) is 9.88 Å². The molecule has 1 aliphatic heterocycles. The van der Waals surface area contributed by atoms with Gasteiger partial charge in [-0.25, -0.2) is 12.8 Å². The van der Waals surface area contributed by atoms with Crippen molar-refractivity contribution in [3.05, 3.63) is 96.4 Å². The monoisotopic (exact) mass is 461 g/mol. The van der Waals surface area contributed by atoms with Gasteiger partial charge in [0.2, 0.25) is 9.84 Å². The highest BCUT2D eigenvalue weighted by Crippen LogP contribution is 2.36. The van der Waals surface area contributed by atoms with Gasteiger partial charge in [0.1, 0.15) is 10.7 Å². The molecule has 0 radical (unpaired) electrons. The van der Waals surface area contributed by atoms with Crippen molar-refractivity contribution in [3.63, 3.8) is 0 Å². The summed E-state index contributed by atoms with van der Waals surface area (Å²) >= 11 is 0. The van der Waals surface area contributed by atoms with Crippen molar-refractivity contribution in [2.75, 3.05) is 31.1 Å². The van der Waals surface area contributed by atoms with Crippen LogP contribution in [0.2, 0.25) is 0 Å². The van der Waals surface area contributed by atoms with Crippen LogP contribution in [0, 0.1) is 5.82 Å². The molecular formula is C26H24FN3O2S. The van der Waals surface area contributed by atoms with Crippen molar-refractivity contribution < 1.29 is 12.8 Å². The van der Waals surface area contributed by atoms with Crippen molar-refractivity contribution in [2.45, 2.75) is 16.3 Å². The Labute approximate surface area is 193 Å². The summed E-state index contributed by atoms with van der Waals surface area (Å²) < 4.78 is 41.4. The molecule has 5 rings (SSSR count). The molecule has 1 saturated heterocycles. The van der Waals surface area contributed by atoms with E-state index in [1.807, 2.05) is 18.2 Å². The number of hydrogen-bond acceptors (Lipinski definition) is 5. The van der Waals surface area contributed by atoms with Gasteiger partial charge in [-0.1, -0.05) is 48.5 Å². The third-order valence-electron chi connectivity index (χ3n) is 6.05. The molecule has 0 bridgehead atoms. The lowest BCUT2D eigenvalue weighted by atomic mass is 10.1. The molecular weight excluding hydrogens is 437 g/mol. The van der Waals surface area contributed by atoms with E-state index in [2.05, 4.69) is 26.9 Å². The third-order valence-corrected chi connectivity index (χ3v) is 7.82. The summed E-state index contributed by atoms with van der Waals surface area (Å²) in [7, 11) is -3.83. The second kappa shape index (κ2) is 8.92. The first-order valence-electron chi connectivity index (χ1n) is 10.9. The molecule has 2 heterocycles. The van der Waals surface area contributed by atoms with Gasteiger partial charge in [0.15, 0.2) is 0 Å². The molecule has 3 aromatic carbocycles. The van der Waals surface area contributed by atoms with Gasteiger partial charge in [-0.15, -0.1) is 0 Å². The number of pyridine rings is 1. The third kappa shape index (κ3) is 4.34. The van der Waals surface area contributed by atoms with Gasteiger partial charge in [0, 0.05) is 44.3 Å². The van der Waals surface area contributed by atoms with Crippen LogP contribution >= 0.6 is 0 Å². The first kappa shape index (κ1) is 21.6. The van der Waals surface area contributed by atoms with Crippen LogP contribution in [-0.2, 0) is 16.4 Å². The maximum atomic E-state index is 14.2. The van der Waals surface area contributed by atoms with Gasteiger partial charge in [-0.2, -0.15) is 0 Å². The number of nitrogens with zero attached hydrogens (tertiary/aromatic N) is 3. The second-order valence-electron chi connectivity index (χ2n) is 8.20. The Kier molecular flexibility index (Phi) is 5.83. The first-order valence-corrected chi connectivity index (χ1v) is 12.4. The highest BCUT2D eigenvalue weighted by atomic mass is 32.2. The van der Waals surface area contributed by atoms with E-state index in [0.717, 1.165) is 19.6 Å². The summed E-state index contributed by atoms with van der Waals surface area (Å²) in [6.07, 6.45) is 1.41. The molecule has 5 nitrogen and oxygen atoms in total. The van der Waals surface area contributed by atoms with Gasteiger partial charge in [-0.05, 0) is 35.9 Å². The quantitative estimate of drug-likeness (QED) is 0.437. The van der Waals surface area contributed by atoms with Crippen molar-refractivity contribution in [1.29, 1.82) is 0 Å². The molecule has 4 aromatic rings. The van der Waals surface area contributed by atoms with E-state index >= 15 is 0 Å². The van der Waals surface area contributed by atoms with E-state index in [1.54, 1.807) is 36.4 Å². The minimum Gasteiger partial charge on any atom is -0.367 e. The van der Waals surface area contributed by atoms with Crippen LogP contribution in [0.1, 0.15) is 5.56 Å². The van der Waals surface area contributed by atoms with Crippen molar-refractivity contribution >= 4 is 26.4 Å². The molecule has 0 unspecified atom stereocenters. The van der Waals surface area contributed by atoms with E-state index in [1.165, 1.54) is 23.9 Å². The molecule has 0 amide bonds. The van der Waals surface area contributed by atoms with E-state index in [9.17, 15) is 12.8 Å². The zero-order chi connectivity index (χ0) is 22.8. The van der Waals surface area contributed by atoms with E-state index in [4.69, 9.17) is 0 Å². The minimum atomic E-state index is -3.83. The number of halogens is 1. The maximum absolute atomic E-state index is 14.2. The normalized spacial score (nSPS) is 15.1. The summed E-state index contributed by atoms with van der Waals surface area (Å²) in [6, 6.07) is 22.9. The molecule has 1 aliphatic rings. The van der Waals surface area contributed by atoms with Crippen molar-refractivity contribution in [3.8, 4) is 0 Å². The Morgan fingerprint density at radius 2 is 1.52 bits per heavy atom. The molecule has 168 valence electrons. The molecule has 33 heavy (non-hydrogen) atoms. The van der Waals surface area contributed by atoms with Crippen molar-refractivity contribution in [2.24, 2.45) is 0 Å². The lowest BCUT2D eigenvalue weighted by molar-refractivity contribution is 0.249. The molecule has 0 spiro atoms. The Hall–Kier alpha value is -3.29. The second-order valence-corrected chi connectivity index (χ2v) is 10.1. The number of anilines is 1. The fraction of sp³-hybridized carbons (Fsp3) is 0.192. The Morgan fingerprint density at radius 3 is 2.21 bits per heavy atom. The van der Waals surface area contributed by atoms with Crippen LogP contribution in [0.5, 0.6) is 0 Å². The first-order chi connectivity index (χ1) is 16.0. The topological polar surface area (TPSA) is 53.5 Å². The highest BCUT2D eigenvalue weighted by Gasteiger charge is 2.29. The summed E-state index contributed by atoms with van der Waals surface area (Å²) in [5.41, 5.74) is 2.35. The molecule has 0 atom stereocenters. The average molecular weight is 462 g/mol. The van der Waals surface area contributed by atoms with Gasteiger partial charge in [0.25, 0.3) is 0 Å². The predicted octanol–water partition coefficient (Wildman–Crippen LogP) is 4.53. The smallest absolute Gasteiger partial charge is 0.210 e. The molecule has 1 fully saturated rings. The van der Waals surface area contributed by atoms with Crippen LogP contribution in [0.4, 0.5) is 10.1 Å². The fourth-order valence-corrected chi connectivity index (χ4v) is 5.81. The lowest BCUT2D eigenvalue weighted by Crippen LogP contribution is -2.46. The standard InChI is InChI=1S/C26H24FN3O2S/c27-21-11-12-24-23(17-21)26(25(18-28-24)33(31,32)22-9-5-2-6-10-22)30-15-13-29(14-16-30)19-20-7-3-1-4-8-20/h1-12,17-18H,13-16,19H2.